The highest BCUT2D eigenvalue weighted by Gasteiger charge is 2.25. The zero-order chi connectivity index (χ0) is 12.1. The highest BCUT2D eigenvalue weighted by atomic mass is 16.3. The molecule has 2 aliphatic carbocycles. The van der Waals surface area contributed by atoms with Gasteiger partial charge in [-0.05, 0) is 31.6 Å². The molecule has 2 aliphatic rings. The van der Waals surface area contributed by atoms with E-state index in [2.05, 4.69) is 5.32 Å². The van der Waals surface area contributed by atoms with Crippen LogP contribution in [0.3, 0.4) is 0 Å². The van der Waals surface area contributed by atoms with Crippen LogP contribution in [0.25, 0.3) is 0 Å². The van der Waals surface area contributed by atoms with E-state index in [1.54, 1.807) is 0 Å². The molecule has 0 aromatic rings. The quantitative estimate of drug-likeness (QED) is 0.743. The standard InChI is InChI=1S/C14H25NO2/c16-13-9-3-1-2-8-12(13)15-14(17)10-11-6-4-5-7-11/h11-13,16H,1-10H2,(H,15,17). The molecule has 2 atom stereocenters. The van der Waals surface area contributed by atoms with Crippen molar-refractivity contribution in [3.05, 3.63) is 0 Å². The molecular formula is C14H25NO2. The lowest BCUT2D eigenvalue weighted by Crippen LogP contribution is -2.43. The van der Waals surface area contributed by atoms with Crippen molar-refractivity contribution >= 4 is 5.91 Å². The maximum atomic E-state index is 11.9. The van der Waals surface area contributed by atoms with Crippen LogP contribution in [-0.4, -0.2) is 23.2 Å². The van der Waals surface area contributed by atoms with Gasteiger partial charge in [0.15, 0.2) is 0 Å². The average Bonchev–Trinajstić information content (AvgIpc) is 2.71. The fourth-order valence-electron chi connectivity index (χ4n) is 3.20. The lowest BCUT2D eigenvalue weighted by Gasteiger charge is -2.22. The van der Waals surface area contributed by atoms with E-state index >= 15 is 0 Å². The van der Waals surface area contributed by atoms with Crippen LogP contribution < -0.4 is 5.32 Å². The number of aliphatic hydroxyl groups excluding tert-OH is 1. The maximum absolute atomic E-state index is 11.9. The summed E-state index contributed by atoms with van der Waals surface area (Å²) in [5.74, 6) is 0.751. The molecule has 0 radical (unpaired) electrons. The molecule has 17 heavy (non-hydrogen) atoms. The second kappa shape index (κ2) is 6.39. The first-order valence-electron chi connectivity index (χ1n) is 7.23. The molecule has 98 valence electrons. The van der Waals surface area contributed by atoms with Crippen molar-refractivity contribution in [3.8, 4) is 0 Å². The van der Waals surface area contributed by atoms with Gasteiger partial charge in [-0.2, -0.15) is 0 Å². The minimum absolute atomic E-state index is 0.00593. The minimum Gasteiger partial charge on any atom is -0.391 e. The van der Waals surface area contributed by atoms with Gasteiger partial charge in [0, 0.05) is 6.42 Å². The van der Waals surface area contributed by atoms with Crippen molar-refractivity contribution in [2.24, 2.45) is 5.92 Å². The predicted molar refractivity (Wildman–Crippen MR) is 67.6 cm³/mol. The van der Waals surface area contributed by atoms with Crippen LogP contribution in [0.5, 0.6) is 0 Å². The van der Waals surface area contributed by atoms with Crippen molar-refractivity contribution in [3.63, 3.8) is 0 Å². The van der Waals surface area contributed by atoms with E-state index in [0.29, 0.717) is 12.3 Å². The van der Waals surface area contributed by atoms with Gasteiger partial charge in [0.05, 0.1) is 12.1 Å². The Hall–Kier alpha value is -0.570. The molecule has 2 rings (SSSR count). The zero-order valence-corrected chi connectivity index (χ0v) is 10.7. The maximum Gasteiger partial charge on any atom is 0.220 e. The molecule has 2 fully saturated rings. The summed E-state index contributed by atoms with van der Waals surface area (Å²) < 4.78 is 0. The van der Waals surface area contributed by atoms with Gasteiger partial charge >= 0.3 is 0 Å². The molecule has 1 amide bonds. The first-order chi connectivity index (χ1) is 8.25. The number of nitrogens with one attached hydrogen (secondary N) is 1. The molecule has 0 aromatic carbocycles. The molecule has 0 aromatic heterocycles. The van der Waals surface area contributed by atoms with Gasteiger partial charge in [-0.25, -0.2) is 0 Å². The normalized spacial score (nSPS) is 31.1. The number of rotatable bonds is 3. The molecule has 2 unspecified atom stereocenters. The molecule has 0 bridgehead atoms. The Morgan fingerprint density at radius 3 is 2.41 bits per heavy atom. The van der Waals surface area contributed by atoms with Crippen LogP contribution >= 0.6 is 0 Å². The highest BCUT2D eigenvalue weighted by Crippen LogP contribution is 2.27. The van der Waals surface area contributed by atoms with Crippen LogP contribution in [0, 0.1) is 5.92 Å². The summed E-state index contributed by atoms with van der Waals surface area (Å²) in [6.45, 7) is 0. The number of carbonyl (C=O) groups is 1. The monoisotopic (exact) mass is 239 g/mol. The number of carbonyl (C=O) groups excluding carboxylic acids is 1. The van der Waals surface area contributed by atoms with E-state index in [0.717, 1.165) is 25.7 Å². The predicted octanol–water partition coefficient (Wildman–Crippen LogP) is 2.38. The lowest BCUT2D eigenvalue weighted by atomic mass is 10.0. The first kappa shape index (κ1) is 12.9. The average molecular weight is 239 g/mol. The SMILES string of the molecule is O=C(CC1CCCC1)NC1CCCCCC1O. The molecule has 2 saturated carbocycles. The van der Waals surface area contributed by atoms with Gasteiger partial charge in [-0.1, -0.05) is 32.1 Å². The zero-order valence-electron chi connectivity index (χ0n) is 10.7. The van der Waals surface area contributed by atoms with E-state index in [4.69, 9.17) is 0 Å². The Morgan fingerprint density at radius 1 is 1.00 bits per heavy atom. The summed E-state index contributed by atoms with van der Waals surface area (Å²) in [6.07, 6.45) is 10.5. The minimum atomic E-state index is -0.329. The van der Waals surface area contributed by atoms with E-state index < -0.39 is 0 Å². The van der Waals surface area contributed by atoms with Gasteiger partial charge in [0.25, 0.3) is 0 Å². The summed E-state index contributed by atoms with van der Waals surface area (Å²) in [5, 5.41) is 13.0. The second-order valence-corrected chi connectivity index (χ2v) is 5.73. The van der Waals surface area contributed by atoms with Crippen molar-refractivity contribution in [2.45, 2.75) is 76.4 Å². The Labute approximate surface area is 104 Å². The van der Waals surface area contributed by atoms with Crippen molar-refractivity contribution in [1.82, 2.24) is 5.32 Å². The van der Waals surface area contributed by atoms with E-state index in [-0.39, 0.29) is 18.1 Å². The third-order valence-corrected chi connectivity index (χ3v) is 4.27. The Balaban J connectivity index is 1.75. The Kier molecular flexibility index (Phi) is 4.84. The number of hydrogen-bond acceptors (Lipinski definition) is 2. The Morgan fingerprint density at radius 2 is 1.65 bits per heavy atom. The molecule has 3 nitrogen and oxygen atoms in total. The molecule has 0 aliphatic heterocycles. The van der Waals surface area contributed by atoms with Gasteiger partial charge in [-0.15, -0.1) is 0 Å². The largest absolute Gasteiger partial charge is 0.391 e. The van der Waals surface area contributed by atoms with Crippen LogP contribution in [0.2, 0.25) is 0 Å². The van der Waals surface area contributed by atoms with Crippen LogP contribution in [0.1, 0.15) is 64.2 Å². The van der Waals surface area contributed by atoms with Gasteiger partial charge < -0.3 is 10.4 Å². The van der Waals surface area contributed by atoms with Crippen LogP contribution in [0.15, 0.2) is 0 Å². The fraction of sp³-hybridized carbons (Fsp3) is 0.929. The summed E-state index contributed by atoms with van der Waals surface area (Å²) >= 11 is 0. The molecule has 2 N–H and O–H groups in total. The molecule has 3 heteroatoms. The van der Waals surface area contributed by atoms with Crippen LogP contribution in [-0.2, 0) is 4.79 Å². The molecule has 0 spiro atoms. The summed E-state index contributed by atoms with van der Waals surface area (Å²) in [6, 6.07) is 0.00593. The van der Waals surface area contributed by atoms with Gasteiger partial charge in [0.1, 0.15) is 0 Å². The molecule has 0 saturated heterocycles. The first-order valence-corrected chi connectivity index (χ1v) is 7.23. The third-order valence-electron chi connectivity index (χ3n) is 4.27. The van der Waals surface area contributed by atoms with Crippen molar-refractivity contribution in [1.29, 1.82) is 0 Å². The van der Waals surface area contributed by atoms with Gasteiger partial charge in [-0.3, -0.25) is 4.79 Å². The van der Waals surface area contributed by atoms with Gasteiger partial charge in [0.2, 0.25) is 5.91 Å². The smallest absolute Gasteiger partial charge is 0.220 e. The summed E-state index contributed by atoms with van der Waals surface area (Å²) in [5.41, 5.74) is 0. The topological polar surface area (TPSA) is 49.3 Å². The van der Waals surface area contributed by atoms with Crippen molar-refractivity contribution < 1.29 is 9.90 Å². The molecular weight excluding hydrogens is 214 g/mol. The molecule has 0 heterocycles. The summed E-state index contributed by atoms with van der Waals surface area (Å²) in [4.78, 5) is 11.9. The highest BCUT2D eigenvalue weighted by molar-refractivity contribution is 5.76. The van der Waals surface area contributed by atoms with E-state index in [1.807, 2.05) is 0 Å². The van der Waals surface area contributed by atoms with E-state index in [9.17, 15) is 9.90 Å². The van der Waals surface area contributed by atoms with Crippen molar-refractivity contribution in [2.75, 3.05) is 0 Å². The summed E-state index contributed by atoms with van der Waals surface area (Å²) in [7, 11) is 0. The number of amides is 1. The number of aliphatic hydroxyl groups is 1. The second-order valence-electron chi connectivity index (χ2n) is 5.73. The Bertz CT molecular complexity index is 249. The fourth-order valence-corrected chi connectivity index (χ4v) is 3.20. The number of hydrogen-bond donors (Lipinski definition) is 2. The van der Waals surface area contributed by atoms with E-state index in [1.165, 1.54) is 32.1 Å². The third kappa shape index (κ3) is 3.98. The van der Waals surface area contributed by atoms with Crippen LogP contribution in [0.4, 0.5) is 0 Å². The lowest BCUT2D eigenvalue weighted by molar-refractivity contribution is -0.123.